The summed E-state index contributed by atoms with van der Waals surface area (Å²) in [5.41, 5.74) is 6.42. The molecule has 0 spiro atoms. The number of carbonyl (C=O) groups is 1. The van der Waals surface area contributed by atoms with Gasteiger partial charge < -0.3 is 15.6 Å². The van der Waals surface area contributed by atoms with E-state index in [9.17, 15) is 4.79 Å². The van der Waals surface area contributed by atoms with E-state index in [1.807, 2.05) is 26.0 Å². The van der Waals surface area contributed by atoms with Gasteiger partial charge in [0.1, 0.15) is 0 Å². The number of rotatable bonds is 5. The van der Waals surface area contributed by atoms with Crippen LogP contribution in [0.4, 0.5) is 0 Å². The van der Waals surface area contributed by atoms with Crippen LogP contribution in [0.2, 0.25) is 5.02 Å². The number of hydrogen-bond acceptors (Lipinski definition) is 5. The molecule has 1 amide bonds. The second-order valence-electron chi connectivity index (χ2n) is 4.98. The molecule has 0 saturated heterocycles. The number of carbonyl (C=O) groups excluding carboxylic acids is 1. The van der Waals surface area contributed by atoms with E-state index < -0.39 is 6.04 Å². The van der Waals surface area contributed by atoms with Gasteiger partial charge >= 0.3 is 0 Å². The highest BCUT2D eigenvalue weighted by Crippen LogP contribution is 2.24. The molecule has 7 heteroatoms. The monoisotopic (exact) mass is 308 g/mol. The SMILES string of the molecule is CC(C)[C@H](N)C(=O)NCc1nc(-c2ccccc2Cl)no1. The smallest absolute Gasteiger partial charge is 0.246 e. The number of nitrogens with zero attached hydrogens (tertiary/aromatic N) is 2. The summed E-state index contributed by atoms with van der Waals surface area (Å²) in [4.78, 5) is 15.9. The Kier molecular flexibility index (Phi) is 4.93. The van der Waals surface area contributed by atoms with Crippen LogP contribution in [-0.4, -0.2) is 22.1 Å². The molecule has 21 heavy (non-hydrogen) atoms. The van der Waals surface area contributed by atoms with Crippen molar-refractivity contribution in [2.75, 3.05) is 0 Å². The van der Waals surface area contributed by atoms with Gasteiger partial charge in [-0.05, 0) is 18.1 Å². The molecule has 0 aliphatic carbocycles. The van der Waals surface area contributed by atoms with Crippen LogP contribution >= 0.6 is 11.6 Å². The topological polar surface area (TPSA) is 94.0 Å². The minimum absolute atomic E-state index is 0.0615. The lowest BCUT2D eigenvalue weighted by Gasteiger charge is -2.14. The minimum Gasteiger partial charge on any atom is -0.346 e. The Hall–Kier alpha value is -1.92. The molecular weight excluding hydrogens is 292 g/mol. The number of nitrogens with one attached hydrogen (secondary N) is 1. The zero-order valence-corrected chi connectivity index (χ0v) is 12.6. The predicted molar refractivity (Wildman–Crippen MR) is 79.4 cm³/mol. The molecule has 2 aromatic rings. The Balaban J connectivity index is 2.01. The van der Waals surface area contributed by atoms with Crippen molar-refractivity contribution in [2.45, 2.75) is 26.4 Å². The van der Waals surface area contributed by atoms with E-state index in [2.05, 4.69) is 15.5 Å². The second kappa shape index (κ2) is 6.69. The minimum atomic E-state index is -0.559. The number of aromatic nitrogens is 2. The van der Waals surface area contributed by atoms with Gasteiger partial charge in [-0.25, -0.2) is 0 Å². The number of halogens is 1. The van der Waals surface area contributed by atoms with Crippen molar-refractivity contribution in [3.05, 3.63) is 35.2 Å². The maximum absolute atomic E-state index is 11.7. The fraction of sp³-hybridized carbons (Fsp3) is 0.357. The summed E-state index contributed by atoms with van der Waals surface area (Å²) >= 11 is 6.06. The van der Waals surface area contributed by atoms with Gasteiger partial charge in [0.2, 0.25) is 17.6 Å². The first-order chi connectivity index (χ1) is 9.99. The first-order valence-corrected chi connectivity index (χ1v) is 6.97. The van der Waals surface area contributed by atoms with Crippen molar-refractivity contribution in [3.63, 3.8) is 0 Å². The maximum Gasteiger partial charge on any atom is 0.246 e. The van der Waals surface area contributed by atoms with Gasteiger partial charge in [-0.3, -0.25) is 4.79 Å². The summed E-state index contributed by atoms with van der Waals surface area (Å²) in [5, 5.41) is 7.06. The Bertz CT molecular complexity index is 627. The molecule has 0 aliphatic heterocycles. The fourth-order valence-electron chi connectivity index (χ4n) is 1.66. The summed E-state index contributed by atoms with van der Waals surface area (Å²) in [5.74, 6) is 0.501. The van der Waals surface area contributed by atoms with E-state index >= 15 is 0 Å². The van der Waals surface area contributed by atoms with Crippen LogP contribution in [0.1, 0.15) is 19.7 Å². The lowest BCUT2D eigenvalue weighted by atomic mass is 10.1. The van der Waals surface area contributed by atoms with Crippen LogP contribution in [0.3, 0.4) is 0 Å². The molecule has 1 aromatic carbocycles. The number of amides is 1. The highest BCUT2D eigenvalue weighted by atomic mass is 35.5. The number of hydrogen-bond donors (Lipinski definition) is 2. The van der Waals surface area contributed by atoms with Crippen molar-refractivity contribution in [1.29, 1.82) is 0 Å². The van der Waals surface area contributed by atoms with Gasteiger partial charge in [0.15, 0.2) is 0 Å². The molecule has 0 fully saturated rings. The van der Waals surface area contributed by atoms with Crippen LogP contribution in [0.25, 0.3) is 11.4 Å². The van der Waals surface area contributed by atoms with E-state index in [0.29, 0.717) is 22.3 Å². The second-order valence-corrected chi connectivity index (χ2v) is 5.39. The summed E-state index contributed by atoms with van der Waals surface area (Å²) < 4.78 is 5.09. The van der Waals surface area contributed by atoms with E-state index in [0.717, 1.165) is 0 Å². The molecule has 2 rings (SSSR count). The van der Waals surface area contributed by atoms with Gasteiger partial charge in [0.25, 0.3) is 0 Å². The lowest BCUT2D eigenvalue weighted by molar-refractivity contribution is -0.123. The molecule has 0 saturated carbocycles. The van der Waals surface area contributed by atoms with Gasteiger partial charge in [0, 0.05) is 5.56 Å². The van der Waals surface area contributed by atoms with Crippen molar-refractivity contribution in [2.24, 2.45) is 11.7 Å². The summed E-state index contributed by atoms with van der Waals surface area (Å²) in [7, 11) is 0. The highest BCUT2D eigenvalue weighted by Gasteiger charge is 2.18. The van der Waals surface area contributed by atoms with Crippen LogP contribution in [0, 0.1) is 5.92 Å². The summed E-state index contributed by atoms with van der Waals surface area (Å²) in [6.45, 7) is 3.90. The largest absolute Gasteiger partial charge is 0.346 e. The molecule has 112 valence electrons. The first-order valence-electron chi connectivity index (χ1n) is 6.60. The van der Waals surface area contributed by atoms with Crippen LogP contribution in [-0.2, 0) is 11.3 Å². The first kappa shape index (κ1) is 15.5. The summed E-state index contributed by atoms with van der Waals surface area (Å²) in [6, 6.07) is 6.64. The molecule has 1 heterocycles. The molecule has 6 nitrogen and oxygen atoms in total. The average Bonchev–Trinajstić information content (AvgIpc) is 2.93. The van der Waals surface area contributed by atoms with Gasteiger partial charge in [0.05, 0.1) is 17.6 Å². The predicted octanol–water partition coefficient (Wildman–Crippen LogP) is 1.99. The van der Waals surface area contributed by atoms with Crippen molar-refractivity contribution < 1.29 is 9.32 Å². The van der Waals surface area contributed by atoms with E-state index in [4.69, 9.17) is 21.9 Å². The van der Waals surface area contributed by atoms with Crippen molar-refractivity contribution in [1.82, 2.24) is 15.5 Å². The molecule has 0 bridgehead atoms. The third-order valence-corrected chi connectivity index (χ3v) is 3.35. The molecule has 0 unspecified atom stereocenters. The Morgan fingerprint density at radius 3 is 2.81 bits per heavy atom. The average molecular weight is 309 g/mol. The third-order valence-electron chi connectivity index (χ3n) is 3.02. The molecule has 0 radical (unpaired) electrons. The van der Waals surface area contributed by atoms with E-state index in [1.54, 1.807) is 12.1 Å². The molecule has 3 N–H and O–H groups in total. The Morgan fingerprint density at radius 1 is 1.43 bits per heavy atom. The zero-order chi connectivity index (χ0) is 15.4. The van der Waals surface area contributed by atoms with E-state index in [-0.39, 0.29) is 18.4 Å². The van der Waals surface area contributed by atoms with Crippen molar-refractivity contribution >= 4 is 17.5 Å². The van der Waals surface area contributed by atoms with Gasteiger partial charge in [-0.15, -0.1) is 0 Å². The fourth-order valence-corrected chi connectivity index (χ4v) is 1.88. The molecule has 1 atom stereocenters. The zero-order valence-electron chi connectivity index (χ0n) is 11.8. The van der Waals surface area contributed by atoms with Crippen LogP contribution in [0.5, 0.6) is 0 Å². The van der Waals surface area contributed by atoms with Crippen LogP contribution in [0.15, 0.2) is 28.8 Å². The Labute approximate surface area is 127 Å². The third kappa shape index (κ3) is 3.80. The molecular formula is C14H17ClN4O2. The summed E-state index contributed by atoms with van der Waals surface area (Å²) in [6.07, 6.45) is 0. The maximum atomic E-state index is 11.7. The highest BCUT2D eigenvalue weighted by molar-refractivity contribution is 6.33. The quantitative estimate of drug-likeness (QED) is 0.881. The van der Waals surface area contributed by atoms with Gasteiger partial charge in [-0.2, -0.15) is 4.98 Å². The number of benzene rings is 1. The van der Waals surface area contributed by atoms with Gasteiger partial charge in [-0.1, -0.05) is 42.7 Å². The Morgan fingerprint density at radius 2 is 2.14 bits per heavy atom. The van der Waals surface area contributed by atoms with Crippen LogP contribution < -0.4 is 11.1 Å². The molecule has 0 aliphatic rings. The van der Waals surface area contributed by atoms with Crippen molar-refractivity contribution in [3.8, 4) is 11.4 Å². The number of nitrogens with two attached hydrogens (primary N) is 1. The normalized spacial score (nSPS) is 12.4. The molecule has 1 aromatic heterocycles. The standard InChI is InChI=1S/C14H17ClN4O2/c1-8(2)12(16)14(20)17-7-11-18-13(19-21-11)9-5-3-4-6-10(9)15/h3-6,8,12H,7,16H2,1-2H3,(H,17,20)/t12-/m0/s1. The van der Waals surface area contributed by atoms with E-state index in [1.165, 1.54) is 0 Å². The lowest BCUT2D eigenvalue weighted by Crippen LogP contribution is -2.43.